The number of ether oxygens (including phenoxy) is 1. The molecule has 3 rings (SSSR count). The summed E-state index contributed by atoms with van der Waals surface area (Å²) < 4.78 is 9.64. The Bertz CT molecular complexity index is 689. The molecule has 1 aromatic carbocycles. The second-order valence-electron chi connectivity index (χ2n) is 5.64. The number of hydrogen-bond acceptors (Lipinski definition) is 6. The Morgan fingerprint density at radius 2 is 2.39 bits per heavy atom. The number of rotatable bonds is 5. The molecule has 0 radical (unpaired) electrons. The molecular weight excluding hydrogens is 314 g/mol. The van der Waals surface area contributed by atoms with Crippen molar-refractivity contribution in [1.29, 1.82) is 0 Å². The number of carbonyl (C=O) groups is 1. The highest BCUT2D eigenvalue weighted by Gasteiger charge is 2.27. The van der Waals surface area contributed by atoms with Crippen molar-refractivity contribution < 1.29 is 14.6 Å². The molecule has 6 nitrogen and oxygen atoms in total. The maximum atomic E-state index is 11.2. The second kappa shape index (κ2) is 6.95. The third-order valence-electron chi connectivity index (χ3n) is 3.99. The Kier molecular flexibility index (Phi) is 4.76. The summed E-state index contributed by atoms with van der Waals surface area (Å²) in [5.74, 6) is 0.541. The Morgan fingerprint density at radius 1 is 1.52 bits per heavy atom. The van der Waals surface area contributed by atoms with Crippen LogP contribution in [0.3, 0.4) is 0 Å². The number of aliphatic carboxylic acids is 1. The first kappa shape index (κ1) is 15.7. The van der Waals surface area contributed by atoms with Gasteiger partial charge in [0.25, 0.3) is 0 Å². The largest absolute Gasteiger partial charge is 0.497 e. The van der Waals surface area contributed by atoms with Crippen molar-refractivity contribution in [1.82, 2.24) is 9.36 Å². The highest BCUT2D eigenvalue weighted by molar-refractivity contribution is 7.09. The number of methoxy groups -OCH3 is 1. The SMILES string of the molecule is COc1cccc(Cc2nsc(N3CCCC(C(=O)O)C3)n2)c1. The summed E-state index contributed by atoms with van der Waals surface area (Å²) in [5.41, 5.74) is 1.09. The number of nitrogens with zero attached hydrogens (tertiary/aromatic N) is 3. The van der Waals surface area contributed by atoms with Gasteiger partial charge in [-0.05, 0) is 30.5 Å². The van der Waals surface area contributed by atoms with Crippen LogP contribution >= 0.6 is 11.5 Å². The molecule has 23 heavy (non-hydrogen) atoms. The molecule has 2 aromatic rings. The predicted octanol–water partition coefficient (Wildman–Crippen LogP) is 2.44. The van der Waals surface area contributed by atoms with E-state index < -0.39 is 5.97 Å². The van der Waals surface area contributed by atoms with Gasteiger partial charge in [0.1, 0.15) is 11.6 Å². The molecule has 0 spiro atoms. The number of carboxylic acids is 1. The summed E-state index contributed by atoms with van der Waals surface area (Å²) in [4.78, 5) is 17.8. The van der Waals surface area contributed by atoms with E-state index in [1.165, 1.54) is 11.5 Å². The number of piperidine rings is 1. The molecule has 1 aliphatic heterocycles. The summed E-state index contributed by atoms with van der Waals surface area (Å²) in [6, 6.07) is 7.85. The minimum Gasteiger partial charge on any atom is -0.497 e. The van der Waals surface area contributed by atoms with Gasteiger partial charge in [0.15, 0.2) is 0 Å². The molecule has 7 heteroatoms. The van der Waals surface area contributed by atoms with Gasteiger partial charge in [-0.2, -0.15) is 4.37 Å². The van der Waals surface area contributed by atoms with Crippen LogP contribution in [0.1, 0.15) is 24.2 Å². The van der Waals surface area contributed by atoms with Crippen LogP contribution in [0.4, 0.5) is 5.13 Å². The molecule has 0 amide bonds. The third-order valence-corrected chi connectivity index (χ3v) is 4.81. The van der Waals surface area contributed by atoms with E-state index in [9.17, 15) is 9.90 Å². The van der Waals surface area contributed by atoms with Crippen LogP contribution in [-0.2, 0) is 11.2 Å². The van der Waals surface area contributed by atoms with Gasteiger partial charge in [-0.25, -0.2) is 4.98 Å². The van der Waals surface area contributed by atoms with E-state index in [-0.39, 0.29) is 5.92 Å². The van der Waals surface area contributed by atoms with E-state index in [4.69, 9.17) is 4.74 Å². The molecule has 1 aliphatic rings. The maximum absolute atomic E-state index is 11.2. The molecule has 1 atom stereocenters. The van der Waals surface area contributed by atoms with Crippen molar-refractivity contribution >= 4 is 22.6 Å². The number of anilines is 1. The summed E-state index contributed by atoms with van der Waals surface area (Å²) in [6.45, 7) is 1.36. The Hall–Kier alpha value is -2.15. The van der Waals surface area contributed by atoms with Crippen LogP contribution < -0.4 is 9.64 Å². The predicted molar refractivity (Wildman–Crippen MR) is 88.3 cm³/mol. The van der Waals surface area contributed by atoms with Crippen molar-refractivity contribution in [3.63, 3.8) is 0 Å². The maximum Gasteiger partial charge on any atom is 0.308 e. The summed E-state index contributed by atoms with van der Waals surface area (Å²) in [6.07, 6.45) is 2.26. The first-order chi connectivity index (χ1) is 11.2. The van der Waals surface area contributed by atoms with E-state index >= 15 is 0 Å². The lowest BCUT2D eigenvalue weighted by Gasteiger charge is -2.29. The van der Waals surface area contributed by atoms with Gasteiger partial charge in [-0.15, -0.1) is 0 Å². The van der Waals surface area contributed by atoms with Crippen LogP contribution in [0.5, 0.6) is 5.75 Å². The molecule has 122 valence electrons. The molecule has 0 saturated carbocycles. The number of benzene rings is 1. The van der Waals surface area contributed by atoms with Gasteiger partial charge in [0.05, 0.1) is 13.0 Å². The van der Waals surface area contributed by atoms with Crippen molar-refractivity contribution in [2.75, 3.05) is 25.1 Å². The number of aromatic nitrogens is 2. The smallest absolute Gasteiger partial charge is 0.308 e. The number of hydrogen-bond donors (Lipinski definition) is 1. The fourth-order valence-electron chi connectivity index (χ4n) is 2.76. The first-order valence-electron chi connectivity index (χ1n) is 7.59. The fraction of sp³-hybridized carbons (Fsp3) is 0.438. The first-order valence-corrected chi connectivity index (χ1v) is 8.36. The Balaban J connectivity index is 1.69. The molecule has 1 saturated heterocycles. The average Bonchev–Trinajstić information content (AvgIpc) is 3.03. The monoisotopic (exact) mass is 333 g/mol. The topological polar surface area (TPSA) is 75.5 Å². The van der Waals surface area contributed by atoms with Crippen LogP contribution in [0, 0.1) is 5.92 Å². The standard InChI is InChI=1S/C16H19N3O3S/c1-22-13-6-2-4-11(8-13)9-14-17-16(23-18-14)19-7-3-5-12(10-19)15(20)21/h2,4,6,8,12H,3,5,7,9-10H2,1H3,(H,20,21). The quantitative estimate of drug-likeness (QED) is 0.906. The van der Waals surface area contributed by atoms with E-state index in [1.807, 2.05) is 29.2 Å². The van der Waals surface area contributed by atoms with Gasteiger partial charge in [-0.1, -0.05) is 12.1 Å². The third kappa shape index (κ3) is 3.79. The molecule has 1 fully saturated rings. The zero-order valence-corrected chi connectivity index (χ0v) is 13.8. The van der Waals surface area contributed by atoms with Crippen LogP contribution in [-0.4, -0.2) is 40.6 Å². The lowest BCUT2D eigenvalue weighted by molar-refractivity contribution is -0.141. The van der Waals surface area contributed by atoms with Gasteiger partial charge in [0, 0.05) is 31.0 Å². The summed E-state index contributed by atoms with van der Waals surface area (Å²) >= 11 is 1.34. The lowest BCUT2D eigenvalue weighted by Crippen LogP contribution is -2.38. The molecule has 1 N–H and O–H groups in total. The van der Waals surface area contributed by atoms with Crippen molar-refractivity contribution in [3.05, 3.63) is 35.7 Å². The zero-order chi connectivity index (χ0) is 16.2. The van der Waals surface area contributed by atoms with Crippen LogP contribution in [0.25, 0.3) is 0 Å². The minimum absolute atomic E-state index is 0.311. The van der Waals surface area contributed by atoms with Gasteiger partial charge in [-0.3, -0.25) is 4.79 Å². The Morgan fingerprint density at radius 3 is 3.17 bits per heavy atom. The zero-order valence-electron chi connectivity index (χ0n) is 12.9. The number of carboxylic acid groups (broad SMARTS) is 1. The molecule has 0 aliphatic carbocycles. The summed E-state index contributed by atoms with van der Waals surface area (Å²) in [5, 5.41) is 9.99. The van der Waals surface area contributed by atoms with Gasteiger partial charge in [0.2, 0.25) is 5.13 Å². The van der Waals surface area contributed by atoms with Gasteiger partial charge >= 0.3 is 5.97 Å². The van der Waals surface area contributed by atoms with E-state index in [0.29, 0.717) is 13.0 Å². The minimum atomic E-state index is -0.726. The molecule has 1 aromatic heterocycles. The second-order valence-corrected chi connectivity index (χ2v) is 6.38. The lowest BCUT2D eigenvalue weighted by atomic mass is 9.99. The van der Waals surface area contributed by atoms with E-state index in [2.05, 4.69) is 9.36 Å². The fourth-order valence-corrected chi connectivity index (χ4v) is 3.48. The average molecular weight is 333 g/mol. The van der Waals surface area contributed by atoms with Crippen molar-refractivity contribution in [3.8, 4) is 5.75 Å². The highest BCUT2D eigenvalue weighted by Crippen LogP contribution is 2.25. The van der Waals surface area contributed by atoms with E-state index in [1.54, 1.807) is 7.11 Å². The van der Waals surface area contributed by atoms with Crippen LogP contribution in [0.15, 0.2) is 24.3 Å². The summed E-state index contributed by atoms with van der Waals surface area (Å²) in [7, 11) is 1.65. The Labute approximate surface area is 138 Å². The molecule has 2 heterocycles. The molecule has 0 bridgehead atoms. The molecule has 1 unspecified atom stereocenters. The van der Waals surface area contributed by atoms with Crippen molar-refractivity contribution in [2.24, 2.45) is 5.92 Å². The molecular formula is C16H19N3O3S. The normalized spacial score (nSPS) is 18.0. The van der Waals surface area contributed by atoms with Gasteiger partial charge < -0.3 is 14.7 Å². The van der Waals surface area contributed by atoms with Crippen LogP contribution in [0.2, 0.25) is 0 Å². The van der Waals surface area contributed by atoms with E-state index in [0.717, 1.165) is 41.7 Å². The van der Waals surface area contributed by atoms with Crippen molar-refractivity contribution in [2.45, 2.75) is 19.3 Å². The highest BCUT2D eigenvalue weighted by atomic mass is 32.1.